The van der Waals surface area contributed by atoms with Crippen LogP contribution in [0.5, 0.6) is 0 Å². The van der Waals surface area contributed by atoms with Crippen molar-refractivity contribution < 1.29 is 14.0 Å². The molecule has 0 spiro atoms. The van der Waals surface area contributed by atoms with Gasteiger partial charge in [-0.25, -0.2) is 4.79 Å². The molecule has 3 heteroatoms. The average molecular weight is 186 g/mol. The van der Waals surface area contributed by atoms with E-state index in [4.69, 9.17) is 4.74 Å². The molecular formula is C10H20NO2+. The Kier molecular flexibility index (Phi) is 5.39. The number of ether oxygens (including phenoxy) is 1. The van der Waals surface area contributed by atoms with Crippen LogP contribution < -0.4 is 0 Å². The first kappa shape index (κ1) is 12.2. The van der Waals surface area contributed by atoms with Crippen LogP contribution in [-0.4, -0.2) is 44.7 Å². The number of rotatable bonds is 6. The molecule has 0 heterocycles. The van der Waals surface area contributed by atoms with Crippen molar-refractivity contribution in [1.82, 2.24) is 0 Å². The summed E-state index contributed by atoms with van der Waals surface area (Å²) in [5.74, 6) is -0.328. The van der Waals surface area contributed by atoms with Gasteiger partial charge in [0.1, 0.15) is 0 Å². The van der Waals surface area contributed by atoms with Crippen molar-refractivity contribution in [2.75, 3.05) is 34.3 Å². The zero-order chi connectivity index (χ0) is 10.3. The van der Waals surface area contributed by atoms with Crippen LogP contribution in [0.2, 0.25) is 0 Å². The number of nitrogens with zero attached hydrogens (tertiary/aromatic N) is 1. The summed E-state index contributed by atoms with van der Waals surface area (Å²) in [5, 5.41) is 0. The lowest BCUT2D eigenvalue weighted by molar-refractivity contribution is -0.870. The summed E-state index contributed by atoms with van der Waals surface area (Å²) in [4.78, 5) is 10.6. The van der Waals surface area contributed by atoms with Crippen LogP contribution in [-0.2, 0) is 9.53 Å². The molecule has 0 aliphatic carbocycles. The fourth-order valence-corrected chi connectivity index (χ4v) is 0.920. The van der Waals surface area contributed by atoms with Crippen molar-refractivity contribution in [2.24, 2.45) is 0 Å². The van der Waals surface area contributed by atoms with Gasteiger partial charge in [0.15, 0.2) is 0 Å². The van der Waals surface area contributed by atoms with Gasteiger partial charge in [0, 0.05) is 6.08 Å². The summed E-state index contributed by atoms with van der Waals surface area (Å²) in [5.41, 5.74) is 0. The normalized spacial score (nSPS) is 11.0. The maximum absolute atomic E-state index is 10.6. The van der Waals surface area contributed by atoms with Crippen molar-refractivity contribution in [1.29, 1.82) is 0 Å². The van der Waals surface area contributed by atoms with Crippen molar-refractivity contribution in [3.05, 3.63) is 12.7 Å². The molecule has 0 unspecified atom stereocenters. The second-order valence-electron chi connectivity index (χ2n) is 4.09. The van der Waals surface area contributed by atoms with Crippen LogP contribution >= 0.6 is 0 Å². The second-order valence-corrected chi connectivity index (χ2v) is 4.09. The molecule has 0 amide bonds. The quantitative estimate of drug-likeness (QED) is 0.270. The van der Waals surface area contributed by atoms with Crippen LogP contribution in [0.4, 0.5) is 0 Å². The molecule has 0 aromatic carbocycles. The number of hydrogen-bond acceptors (Lipinski definition) is 2. The Morgan fingerprint density at radius 1 is 1.38 bits per heavy atom. The molecule has 3 nitrogen and oxygen atoms in total. The highest BCUT2D eigenvalue weighted by Gasteiger charge is 2.05. The van der Waals surface area contributed by atoms with Gasteiger partial charge in [-0.05, 0) is 12.8 Å². The van der Waals surface area contributed by atoms with E-state index in [1.54, 1.807) is 0 Å². The van der Waals surface area contributed by atoms with E-state index in [0.717, 1.165) is 23.9 Å². The third kappa shape index (κ3) is 9.08. The first-order valence-corrected chi connectivity index (χ1v) is 4.55. The number of hydrogen-bond donors (Lipinski definition) is 0. The smallest absolute Gasteiger partial charge is 0.330 e. The Bertz CT molecular complexity index is 170. The average Bonchev–Trinajstić information content (AvgIpc) is 2.01. The number of esters is 1. The van der Waals surface area contributed by atoms with E-state index in [9.17, 15) is 4.79 Å². The van der Waals surface area contributed by atoms with E-state index in [-0.39, 0.29) is 5.97 Å². The number of carbonyl (C=O) groups is 1. The zero-order valence-corrected chi connectivity index (χ0v) is 8.88. The predicted octanol–water partition coefficient (Wildman–Crippen LogP) is 1.20. The van der Waals surface area contributed by atoms with Crippen molar-refractivity contribution in [3.63, 3.8) is 0 Å². The maximum atomic E-state index is 10.6. The van der Waals surface area contributed by atoms with Crippen molar-refractivity contribution in [3.8, 4) is 0 Å². The van der Waals surface area contributed by atoms with E-state index in [2.05, 4.69) is 27.7 Å². The minimum Gasteiger partial charge on any atom is -0.463 e. The Morgan fingerprint density at radius 2 is 2.00 bits per heavy atom. The Labute approximate surface area is 80.6 Å². The number of unbranched alkanes of at least 4 members (excludes halogenated alkanes) is 1. The molecule has 0 radical (unpaired) electrons. The van der Waals surface area contributed by atoms with Crippen LogP contribution in [0.3, 0.4) is 0 Å². The molecule has 76 valence electrons. The minimum absolute atomic E-state index is 0.328. The molecule has 0 saturated carbocycles. The van der Waals surface area contributed by atoms with Gasteiger partial charge < -0.3 is 9.22 Å². The van der Waals surface area contributed by atoms with E-state index in [1.807, 2.05) is 0 Å². The summed E-state index contributed by atoms with van der Waals surface area (Å²) >= 11 is 0. The molecule has 0 aromatic rings. The fourth-order valence-electron chi connectivity index (χ4n) is 0.920. The molecule has 0 atom stereocenters. The van der Waals surface area contributed by atoms with E-state index in [1.165, 1.54) is 6.08 Å². The van der Waals surface area contributed by atoms with Gasteiger partial charge in [-0.3, -0.25) is 0 Å². The van der Waals surface area contributed by atoms with E-state index in [0.29, 0.717) is 6.61 Å². The highest BCUT2D eigenvalue weighted by molar-refractivity contribution is 5.81. The maximum Gasteiger partial charge on any atom is 0.330 e. The standard InChI is InChI=1S/C10H20NO2/c1-5-10(12)13-9-7-6-8-11(2,3)4/h5H,1,6-9H2,2-4H3/q+1. The lowest BCUT2D eigenvalue weighted by Gasteiger charge is -2.23. The Hall–Kier alpha value is -0.830. The van der Waals surface area contributed by atoms with Gasteiger partial charge in [-0.1, -0.05) is 6.58 Å². The number of carbonyl (C=O) groups excluding carboxylic acids is 1. The predicted molar refractivity (Wildman–Crippen MR) is 53.3 cm³/mol. The van der Waals surface area contributed by atoms with Gasteiger partial charge >= 0.3 is 5.97 Å². The summed E-state index contributed by atoms with van der Waals surface area (Å²) in [6, 6.07) is 0. The third-order valence-corrected chi connectivity index (χ3v) is 1.63. The summed E-state index contributed by atoms with van der Waals surface area (Å²) in [7, 11) is 6.45. The number of quaternary nitrogens is 1. The molecule has 0 N–H and O–H groups in total. The summed E-state index contributed by atoms with van der Waals surface area (Å²) in [6.07, 6.45) is 3.20. The largest absolute Gasteiger partial charge is 0.463 e. The minimum atomic E-state index is -0.328. The Balaban J connectivity index is 3.27. The monoisotopic (exact) mass is 186 g/mol. The molecule has 0 aromatic heterocycles. The van der Waals surface area contributed by atoms with Gasteiger partial charge in [-0.2, -0.15) is 0 Å². The lowest BCUT2D eigenvalue weighted by atomic mass is 10.3. The second kappa shape index (κ2) is 5.75. The van der Waals surface area contributed by atoms with Crippen LogP contribution in [0.1, 0.15) is 12.8 Å². The summed E-state index contributed by atoms with van der Waals surface area (Å²) < 4.78 is 5.80. The molecular weight excluding hydrogens is 166 g/mol. The lowest BCUT2D eigenvalue weighted by Crippen LogP contribution is -2.35. The van der Waals surface area contributed by atoms with Crippen LogP contribution in [0.25, 0.3) is 0 Å². The van der Waals surface area contributed by atoms with E-state index < -0.39 is 0 Å². The Morgan fingerprint density at radius 3 is 2.46 bits per heavy atom. The molecule has 0 bridgehead atoms. The SMILES string of the molecule is C=CC(=O)OCCCC[N+](C)(C)C. The van der Waals surface area contributed by atoms with Gasteiger partial charge in [0.05, 0.1) is 34.3 Å². The van der Waals surface area contributed by atoms with Gasteiger partial charge in [0.2, 0.25) is 0 Å². The zero-order valence-electron chi connectivity index (χ0n) is 8.88. The summed E-state index contributed by atoms with van der Waals surface area (Å²) in [6.45, 7) is 4.93. The van der Waals surface area contributed by atoms with Gasteiger partial charge in [0.25, 0.3) is 0 Å². The van der Waals surface area contributed by atoms with Gasteiger partial charge in [-0.15, -0.1) is 0 Å². The van der Waals surface area contributed by atoms with Crippen LogP contribution in [0, 0.1) is 0 Å². The topological polar surface area (TPSA) is 26.3 Å². The van der Waals surface area contributed by atoms with Crippen LogP contribution in [0.15, 0.2) is 12.7 Å². The molecule has 0 saturated heterocycles. The first-order valence-electron chi connectivity index (χ1n) is 4.55. The molecule has 0 fully saturated rings. The molecule has 0 aliphatic rings. The van der Waals surface area contributed by atoms with Crippen molar-refractivity contribution in [2.45, 2.75) is 12.8 Å². The highest BCUT2D eigenvalue weighted by Crippen LogP contribution is 1.97. The molecule has 0 aliphatic heterocycles. The fraction of sp³-hybridized carbons (Fsp3) is 0.700. The molecule has 13 heavy (non-hydrogen) atoms. The third-order valence-electron chi connectivity index (χ3n) is 1.63. The molecule has 0 rings (SSSR count). The van der Waals surface area contributed by atoms with Crippen molar-refractivity contribution >= 4 is 5.97 Å². The van der Waals surface area contributed by atoms with E-state index >= 15 is 0 Å². The first-order chi connectivity index (χ1) is 5.95. The highest BCUT2D eigenvalue weighted by atomic mass is 16.5.